The Bertz CT molecular complexity index is 126. The molecule has 11 heavy (non-hydrogen) atoms. The van der Waals surface area contributed by atoms with Crippen molar-refractivity contribution >= 4 is 11.6 Å². The largest absolute Gasteiger partial charge is 0.429 e. The Labute approximate surface area is 63.1 Å². The lowest BCUT2D eigenvalue weighted by molar-refractivity contribution is -0.271. The molecular formula is C4H3ClF6. The van der Waals surface area contributed by atoms with Gasteiger partial charge in [0.15, 0.2) is 0 Å². The monoisotopic (exact) mass is 200 g/mol. The first-order valence-electron chi connectivity index (χ1n) is 2.32. The van der Waals surface area contributed by atoms with E-state index >= 15 is 0 Å². The van der Waals surface area contributed by atoms with E-state index < -0.39 is 17.2 Å². The van der Waals surface area contributed by atoms with Crippen molar-refractivity contribution in [3.8, 4) is 0 Å². The van der Waals surface area contributed by atoms with E-state index in [-0.39, 0.29) is 6.92 Å². The van der Waals surface area contributed by atoms with Crippen LogP contribution in [0.5, 0.6) is 0 Å². The summed E-state index contributed by atoms with van der Waals surface area (Å²) in [5.41, 5.74) is -4.69. The van der Waals surface area contributed by atoms with Crippen LogP contribution >= 0.6 is 11.6 Å². The second-order valence-corrected chi connectivity index (χ2v) is 2.47. The molecule has 0 aliphatic carbocycles. The van der Waals surface area contributed by atoms with Crippen LogP contribution in [0.4, 0.5) is 26.3 Å². The Morgan fingerprint density at radius 1 is 0.909 bits per heavy atom. The van der Waals surface area contributed by atoms with Gasteiger partial charge in [-0.05, 0) is 18.5 Å². The maximum Gasteiger partial charge on any atom is 0.429 e. The molecule has 0 aromatic rings. The zero-order chi connectivity index (χ0) is 9.50. The van der Waals surface area contributed by atoms with E-state index in [2.05, 4.69) is 11.6 Å². The minimum absolute atomic E-state index is 0.319. The van der Waals surface area contributed by atoms with Gasteiger partial charge in [-0.3, -0.25) is 0 Å². The summed E-state index contributed by atoms with van der Waals surface area (Å²) in [5, 5.41) is -4.94. The van der Waals surface area contributed by atoms with Crippen LogP contribution in [0.1, 0.15) is 6.92 Å². The van der Waals surface area contributed by atoms with Crippen molar-refractivity contribution in [2.24, 2.45) is 0 Å². The molecule has 1 unspecified atom stereocenters. The lowest BCUT2D eigenvalue weighted by Gasteiger charge is -2.26. The lowest BCUT2D eigenvalue weighted by Crippen LogP contribution is -2.49. The predicted octanol–water partition coefficient (Wildman–Crippen LogP) is 3.11. The summed E-state index contributed by atoms with van der Waals surface area (Å²) >= 11 is 3.88. The first kappa shape index (κ1) is 10.9. The molecule has 0 N–H and O–H groups in total. The second-order valence-electron chi connectivity index (χ2n) is 2.00. The molecule has 0 rings (SSSR count). The van der Waals surface area contributed by atoms with Crippen molar-refractivity contribution in [2.45, 2.75) is 24.2 Å². The fourth-order valence-electron chi connectivity index (χ4n) is 0.161. The van der Waals surface area contributed by atoms with Crippen molar-refractivity contribution in [3.63, 3.8) is 0 Å². The van der Waals surface area contributed by atoms with E-state index in [1.165, 1.54) is 0 Å². The minimum atomic E-state index is -5.67. The van der Waals surface area contributed by atoms with E-state index in [0.717, 1.165) is 0 Å². The van der Waals surface area contributed by atoms with Gasteiger partial charge >= 0.3 is 11.6 Å². The van der Waals surface area contributed by atoms with Gasteiger partial charge in [-0.1, -0.05) is 0 Å². The summed E-state index contributed by atoms with van der Waals surface area (Å²) in [6.45, 7) is -0.319. The van der Waals surface area contributed by atoms with E-state index in [1.54, 1.807) is 0 Å². The summed E-state index contributed by atoms with van der Waals surface area (Å²) < 4.78 is 69.6. The second kappa shape index (κ2) is 2.43. The highest BCUT2D eigenvalue weighted by atomic mass is 35.5. The van der Waals surface area contributed by atoms with Crippen molar-refractivity contribution in [2.75, 3.05) is 0 Å². The van der Waals surface area contributed by atoms with Gasteiger partial charge in [0.2, 0.25) is 0 Å². The van der Waals surface area contributed by atoms with Gasteiger partial charge in [-0.25, -0.2) is 4.39 Å². The Balaban J connectivity index is 4.75. The number of alkyl halides is 7. The van der Waals surface area contributed by atoms with Crippen LogP contribution in [0.3, 0.4) is 0 Å². The molecule has 0 nitrogen and oxygen atoms in total. The lowest BCUT2D eigenvalue weighted by atomic mass is 10.1. The molecule has 7 heteroatoms. The highest BCUT2D eigenvalue weighted by molar-refractivity contribution is 6.22. The zero-order valence-electron chi connectivity index (χ0n) is 5.15. The smallest absolute Gasteiger partial charge is 0.226 e. The van der Waals surface area contributed by atoms with Gasteiger partial charge < -0.3 is 0 Å². The summed E-state index contributed by atoms with van der Waals surface area (Å²) in [4.78, 5) is 0. The molecule has 0 fully saturated rings. The number of halogens is 7. The molecule has 0 aromatic carbocycles. The molecule has 1 atom stereocenters. The first-order chi connectivity index (χ1) is 4.50. The van der Waals surface area contributed by atoms with Gasteiger partial charge in [0.1, 0.15) is 0 Å². The molecule has 0 aromatic heterocycles. The van der Waals surface area contributed by atoms with Crippen LogP contribution in [-0.2, 0) is 0 Å². The average molecular weight is 201 g/mol. The topological polar surface area (TPSA) is 0 Å². The standard InChI is InChI=1S/C4H3ClF6/c1-2(6,3(5,7)8)4(9,10)11/h1H3. The van der Waals surface area contributed by atoms with Crippen LogP contribution < -0.4 is 0 Å². The summed E-state index contributed by atoms with van der Waals surface area (Å²) in [5.74, 6) is 0. The highest BCUT2D eigenvalue weighted by Crippen LogP contribution is 2.46. The van der Waals surface area contributed by atoms with E-state index in [0.29, 0.717) is 0 Å². The van der Waals surface area contributed by atoms with Crippen molar-refractivity contribution in [1.29, 1.82) is 0 Å². The third kappa shape index (κ3) is 1.91. The van der Waals surface area contributed by atoms with Gasteiger partial charge in [-0.2, -0.15) is 22.0 Å². The number of hydrogen-bond acceptors (Lipinski definition) is 0. The Kier molecular flexibility index (Phi) is 2.40. The molecule has 0 saturated carbocycles. The normalized spacial score (nSPS) is 19.6. The van der Waals surface area contributed by atoms with Gasteiger partial charge in [0.25, 0.3) is 5.67 Å². The van der Waals surface area contributed by atoms with E-state index in [1.807, 2.05) is 0 Å². The summed E-state index contributed by atoms with van der Waals surface area (Å²) in [6, 6.07) is 0. The third-order valence-corrected chi connectivity index (χ3v) is 1.42. The molecule has 0 aliphatic rings. The molecule has 68 valence electrons. The quantitative estimate of drug-likeness (QED) is 0.451. The summed E-state index contributed by atoms with van der Waals surface area (Å²) in [7, 11) is 0. The van der Waals surface area contributed by atoms with Crippen LogP contribution in [0.15, 0.2) is 0 Å². The fourth-order valence-corrected chi connectivity index (χ4v) is 0.268. The highest BCUT2D eigenvalue weighted by Gasteiger charge is 2.67. The summed E-state index contributed by atoms with van der Waals surface area (Å²) in [6.07, 6.45) is -5.67. The predicted molar refractivity (Wildman–Crippen MR) is 26.4 cm³/mol. The molecule has 0 radical (unpaired) electrons. The van der Waals surface area contributed by atoms with Gasteiger partial charge in [0, 0.05) is 0 Å². The van der Waals surface area contributed by atoms with Gasteiger partial charge in [-0.15, -0.1) is 0 Å². The maximum atomic E-state index is 12.1. The molecule has 0 bridgehead atoms. The average Bonchev–Trinajstić information content (AvgIpc) is 1.58. The van der Waals surface area contributed by atoms with Gasteiger partial charge in [0.05, 0.1) is 0 Å². The molecule has 0 saturated heterocycles. The fraction of sp³-hybridized carbons (Fsp3) is 1.00. The maximum absolute atomic E-state index is 12.1. The third-order valence-electron chi connectivity index (χ3n) is 1.06. The van der Waals surface area contributed by atoms with E-state index in [4.69, 9.17) is 0 Å². The molecule has 0 aliphatic heterocycles. The minimum Gasteiger partial charge on any atom is -0.226 e. The van der Waals surface area contributed by atoms with E-state index in [9.17, 15) is 26.3 Å². The van der Waals surface area contributed by atoms with Crippen molar-refractivity contribution in [3.05, 3.63) is 0 Å². The molecule has 0 heterocycles. The number of rotatable bonds is 1. The SMILES string of the molecule is CC(F)(C(F)(F)F)C(F)(F)Cl. The molecular weight excluding hydrogens is 197 g/mol. The van der Waals surface area contributed by atoms with Crippen LogP contribution in [0.2, 0.25) is 0 Å². The van der Waals surface area contributed by atoms with Crippen LogP contribution in [-0.4, -0.2) is 17.2 Å². The van der Waals surface area contributed by atoms with Crippen LogP contribution in [0, 0.1) is 0 Å². The van der Waals surface area contributed by atoms with Crippen molar-refractivity contribution < 1.29 is 26.3 Å². The molecule has 0 amide bonds. The zero-order valence-corrected chi connectivity index (χ0v) is 5.90. The number of hydrogen-bond donors (Lipinski definition) is 0. The Morgan fingerprint density at radius 2 is 1.18 bits per heavy atom. The van der Waals surface area contributed by atoms with Crippen LogP contribution in [0.25, 0.3) is 0 Å². The Morgan fingerprint density at radius 3 is 1.18 bits per heavy atom. The van der Waals surface area contributed by atoms with Crippen molar-refractivity contribution in [1.82, 2.24) is 0 Å². The Hall–Kier alpha value is -0.130. The first-order valence-corrected chi connectivity index (χ1v) is 2.70. The molecule has 0 spiro atoms.